The summed E-state index contributed by atoms with van der Waals surface area (Å²) in [5, 5.41) is 11.6. The largest absolute Gasteiger partial charge is 0.507 e. The fourth-order valence-corrected chi connectivity index (χ4v) is 5.39. The van der Waals surface area contributed by atoms with Crippen LogP contribution in [0.15, 0.2) is 72.3 Å². The number of benzene rings is 3. The van der Waals surface area contributed by atoms with E-state index in [1.54, 1.807) is 48.5 Å². The molecule has 1 fully saturated rings. The SMILES string of the molecule is CCOc1ccc2nc(N3C(=O)C(=O)C(=C(O)c4ccccc4)[C@@H]3c3ccc(OC)c(OC)c3)sc2c1. The number of Topliss-reactive ketones (excluding diaryl/α,β-unsaturated/α-hetero) is 1. The lowest BCUT2D eigenvalue weighted by Crippen LogP contribution is -2.29. The first kappa shape index (κ1) is 24.3. The van der Waals surface area contributed by atoms with Crippen LogP contribution in [0.25, 0.3) is 16.0 Å². The van der Waals surface area contributed by atoms with Gasteiger partial charge in [0.15, 0.2) is 16.6 Å². The number of fused-ring (bicyclic) bond motifs is 1. The number of ether oxygens (including phenoxy) is 3. The Kier molecular flexibility index (Phi) is 6.54. The minimum absolute atomic E-state index is 0.0299. The number of hydrogen-bond acceptors (Lipinski definition) is 8. The lowest BCUT2D eigenvalue weighted by molar-refractivity contribution is -0.132. The van der Waals surface area contributed by atoms with Gasteiger partial charge >= 0.3 is 5.91 Å². The molecule has 0 unspecified atom stereocenters. The maximum Gasteiger partial charge on any atom is 0.301 e. The molecule has 37 heavy (non-hydrogen) atoms. The molecule has 4 aromatic rings. The van der Waals surface area contributed by atoms with Crippen LogP contribution in [-0.4, -0.2) is 42.6 Å². The molecule has 0 bridgehead atoms. The molecule has 1 saturated heterocycles. The predicted molar refractivity (Wildman–Crippen MR) is 142 cm³/mol. The lowest BCUT2D eigenvalue weighted by Gasteiger charge is -2.23. The van der Waals surface area contributed by atoms with Crippen molar-refractivity contribution in [1.29, 1.82) is 0 Å². The number of hydrogen-bond donors (Lipinski definition) is 1. The monoisotopic (exact) mass is 516 g/mol. The number of aromatic nitrogens is 1. The minimum atomic E-state index is -0.938. The number of amides is 1. The summed E-state index contributed by atoms with van der Waals surface area (Å²) in [4.78, 5) is 32.9. The molecule has 3 aromatic carbocycles. The second-order valence-corrected chi connectivity index (χ2v) is 9.22. The van der Waals surface area contributed by atoms with Gasteiger partial charge in [-0.3, -0.25) is 14.5 Å². The normalized spacial score (nSPS) is 16.8. The molecule has 0 radical (unpaired) electrons. The molecule has 188 valence electrons. The molecular formula is C28H24N2O6S. The number of carbonyl (C=O) groups excluding carboxylic acids is 2. The first-order valence-corrected chi connectivity index (χ1v) is 12.4. The van der Waals surface area contributed by atoms with Gasteiger partial charge in [0.25, 0.3) is 5.78 Å². The number of methoxy groups -OCH3 is 2. The lowest BCUT2D eigenvalue weighted by atomic mass is 9.95. The second-order valence-electron chi connectivity index (χ2n) is 8.21. The number of rotatable bonds is 7. The molecule has 1 N–H and O–H groups in total. The zero-order valence-electron chi connectivity index (χ0n) is 20.4. The van der Waals surface area contributed by atoms with Crippen molar-refractivity contribution in [1.82, 2.24) is 4.98 Å². The summed E-state index contributed by atoms with van der Waals surface area (Å²) in [6.07, 6.45) is 0. The van der Waals surface area contributed by atoms with Crippen molar-refractivity contribution in [2.45, 2.75) is 13.0 Å². The molecule has 8 nitrogen and oxygen atoms in total. The van der Waals surface area contributed by atoms with E-state index >= 15 is 0 Å². The first-order chi connectivity index (χ1) is 18.0. The standard InChI is InChI=1S/C28H24N2O6S/c1-4-36-18-11-12-19-22(15-18)37-28(29-19)30-24(17-10-13-20(34-2)21(14-17)35-3)23(26(32)27(30)33)25(31)16-8-6-5-7-9-16/h5-15,24,31H,4H2,1-3H3/t24-/m0/s1. The molecule has 0 saturated carbocycles. The van der Waals surface area contributed by atoms with E-state index in [0.29, 0.717) is 45.6 Å². The summed E-state index contributed by atoms with van der Waals surface area (Å²) in [7, 11) is 3.03. The van der Waals surface area contributed by atoms with Crippen LogP contribution in [0.2, 0.25) is 0 Å². The summed E-state index contributed by atoms with van der Waals surface area (Å²) in [6.45, 7) is 2.42. The Balaban J connectivity index is 1.72. The quantitative estimate of drug-likeness (QED) is 0.201. The maximum atomic E-state index is 13.5. The highest BCUT2D eigenvalue weighted by atomic mass is 32.1. The van der Waals surface area contributed by atoms with Crippen LogP contribution in [0.1, 0.15) is 24.1 Å². The van der Waals surface area contributed by atoms with Crippen LogP contribution < -0.4 is 19.1 Å². The Labute approximate surface area is 217 Å². The molecule has 1 amide bonds. The highest BCUT2D eigenvalue weighted by Crippen LogP contribution is 2.46. The fraction of sp³-hybridized carbons (Fsp3) is 0.179. The van der Waals surface area contributed by atoms with Gasteiger partial charge in [0.05, 0.1) is 42.7 Å². The van der Waals surface area contributed by atoms with E-state index in [2.05, 4.69) is 4.98 Å². The molecule has 0 spiro atoms. The number of thiazole rings is 1. The Morgan fingerprint density at radius 3 is 2.46 bits per heavy atom. The Morgan fingerprint density at radius 1 is 1.00 bits per heavy atom. The van der Waals surface area contributed by atoms with Gasteiger partial charge in [0.2, 0.25) is 0 Å². The van der Waals surface area contributed by atoms with E-state index in [9.17, 15) is 14.7 Å². The van der Waals surface area contributed by atoms with Crippen molar-refractivity contribution in [3.8, 4) is 17.2 Å². The number of anilines is 1. The first-order valence-electron chi connectivity index (χ1n) is 11.6. The van der Waals surface area contributed by atoms with Crippen molar-refractivity contribution < 1.29 is 28.9 Å². The van der Waals surface area contributed by atoms with Crippen LogP contribution in [0.4, 0.5) is 5.13 Å². The summed E-state index contributed by atoms with van der Waals surface area (Å²) < 4.78 is 17.2. The van der Waals surface area contributed by atoms with Gasteiger partial charge in [0.1, 0.15) is 11.5 Å². The number of carbonyl (C=O) groups is 2. The Bertz CT molecular complexity index is 1530. The van der Waals surface area contributed by atoms with Crippen molar-refractivity contribution in [2.24, 2.45) is 0 Å². The third-order valence-corrected chi connectivity index (χ3v) is 7.10. The van der Waals surface area contributed by atoms with E-state index in [0.717, 1.165) is 4.70 Å². The van der Waals surface area contributed by atoms with Crippen molar-refractivity contribution >= 4 is 44.1 Å². The van der Waals surface area contributed by atoms with E-state index < -0.39 is 17.7 Å². The Morgan fingerprint density at radius 2 is 1.76 bits per heavy atom. The zero-order chi connectivity index (χ0) is 26.1. The molecule has 2 heterocycles. The molecule has 9 heteroatoms. The predicted octanol–water partition coefficient (Wildman–Crippen LogP) is 5.34. The van der Waals surface area contributed by atoms with Crippen LogP contribution in [0.5, 0.6) is 17.2 Å². The summed E-state index contributed by atoms with van der Waals surface area (Å²) in [5.74, 6) is -0.226. The molecule has 1 aromatic heterocycles. The molecule has 5 rings (SSSR count). The van der Waals surface area contributed by atoms with Gasteiger partial charge in [-0.05, 0) is 42.8 Å². The van der Waals surface area contributed by atoms with Crippen LogP contribution in [0.3, 0.4) is 0 Å². The summed E-state index contributed by atoms with van der Waals surface area (Å²) >= 11 is 1.27. The summed E-state index contributed by atoms with van der Waals surface area (Å²) in [6, 6.07) is 18.3. The van der Waals surface area contributed by atoms with Gasteiger partial charge in [-0.15, -0.1) is 0 Å². The van der Waals surface area contributed by atoms with E-state index in [4.69, 9.17) is 14.2 Å². The van der Waals surface area contributed by atoms with Crippen LogP contribution in [-0.2, 0) is 9.59 Å². The zero-order valence-corrected chi connectivity index (χ0v) is 21.2. The molecule has 0 aliphatic carbocycles. The van der Waals surface area contributed by atoms with Crippen molar-refractivity contribution in [3.05, 3.63) is 83.4 Å². The van der Waals surface area contributed by atoms with Crippen molar-refractivity contribution in [2.75, 3.05) is 25.7 Å². The number of ketones is 1. The molecule has 1 aliphatic rings. The molecule has 1 atom stereocenters. The van der Waals surface area contributed by atoms with E-state index in [1.807, 2.05) is 25.1 Å². The van der Waals surface area contributed by atoms with Crippen molar-refractivity contribution in [3.63, 3.8) is 0 Å². The highest BCUT2D eigenvalue weighted by Gasteiger charge is 2.48. The topological polar surface area (TPSA) is 98.2 Å². The highest BCUT2D eigenvalue weighted by molar-refractivity contribution is 7.22. The Hall–Kier alpha value is -4.37. The third kappa shape index (κ3) is 4.27. The number of nitrogens with zero attached hydrogens (tertiary/aromatic N) is 2. The van der Waals surface area contributed by atoms with Gasteiger partial charge in [-0.2, -0.15) is 0 Å². The van der Waals surface area contributed by atoms with Gasteiger partial charge in [-0.1, -0.05) is 47.7 Å². The van der Waals surface area contributed by atoms with Gasteiger partial charge in [0, 0.05) is 5.56 Å². The summed E-state index contributed by atoms with van der Waals surface area (Å²) in [5.41, 5.74) is 1.62. The fourth-order valence-electron chi connectivity index (χ4n) is 4.37. The van der Waals surface area contributed by atoms with Crippen LogP contribution >= 0.6 is 11.3 Å². The van der Waals surface area contributed by atoms with E-state index in [-0.39, 0.29) is 11.3 Å². The minimum Gasteiger partial charge on any atom is -0.507 e. The average Bonchev–Trinajstić information content (AvgIpc) is 3.46. The van der Waals surface area contributed by atoms with E-state index in [1.165, 1.54) is 30.5 Å². The average molecular weight is 517 g/mol. The molecule has 1 aliphatic heterocycles. The molecular weight excluding hydrogens is 492 g/mol. The maximum absolute atomic E-state index is 13.5. The van der Waals surface area contributed by atoms with Gasteiger partial charge in [-0.25, -0.2) is 4.98 Å². The van der Waals surface area contributed by atoms with Gasteiger partial charge < -0.3 is 19.3 Å². The smallest absolute Gasteiger partial charge is 0.301 e. The second kappa shape index (κ2) is 9.94. The number of aliphatic hydroxyl groups is 1. The van der Waals surface area contributed by atoms with Crippen LogP contribution in [0, 0.1) is 0 Å². The third-order valence-electron chi connectivity index (χ3n) is 6.08. The number of aliphatic hydroxyl groups excluding tert-OH is 1.